The minimum absolute atomic E-state index is 0.221. The van der Waals surface area contributed by atoms with E-state index in [2.05, 4.69) is 42.1 Å². The van der Waals surface area contributed by atoms with Crippen molar-refractivity contribution in [3.05, 3.63) is 18.0 Å². The summed E-state index contributed by atoms with van der Waals surface area (Å²) in [6, 6.07) is 0.674. The standard InChI is InChI=1S/C13H23N3/c1-4-13(2,3)14-8-11-9-15-16(10-11)12-6-5-7-12/h9-10,12,14H,4-8H2,1-3H3. The molecule has 3 heteroatoms. The van der Waals surface area contributed by atoms with Crippen LogP contribution in [0, 0.1) is 0 Å². The van der Waals surface area contributed by atoms with Crippen LogP contribution < -0.4 is 5.32 Å². The van der Waals surface area contributed by atoms with Crippen LogP contribution in [-0.4, -0.2) is 15.3 Å². The predicted octanol–water partition coefficient (Wildman–Crippen LogP) is 2.89. The third-order valence-electron chi connectivity index (χ3n) is 3.76. The maximum Gasteiger partial charge on any atom is 0.0534 e. The molecular formula is C13H23N3. The summed E-state index contributed by atoms with van der Waals surface area (Å²) in [4.78, 5) is 0. The molecule has 0 amide bonds. The zero-order chi connectivity index (χ0) is 11.6. The molecule has 3 nitrogen and oxygen atoms in total. The highest BCUT2D eigenvalue weighted by molar-refractivity contribution is 5.05. The third-order valence-corrected chi connectivity index (χ3v) is 3.76. The summed E-state index contributed by atoms with van der Waals surface area (Å²) in [6.07, 6.45) is 9.30. The molecular weight excluding hydrogens is 198 g/mol. The van der Waals surface area contributed by atoms with E-state index in [1.807, 2.05) is 6.20 Å². The number of rotatable bonds is 5. The van der Waals surface area contributed by atoms with E-state index < -0.39 is 0 Å². The van der Waals surface area contributed by atoms with Gasteiger partial charge in [0.05, 0.1) is 12.2 Å². The fourth-order valence-corrected chi connectivity index (χ4v) is 1.79. The molecule has 16 heavy (non-hydrogen) atoms. The fraction of sp³-hybridized carbons (Fsp3) is 0.769. The van der Waals surface area contributed by atoms with Gasteiger partial charge in [-0.15, -0.1) is 0 Å². The Bertz CT molecular complexity index is 337. The second-order valence-corrected chi connectivity index (χ2v) is 5.50. The first-order valence-electron chi connectivity index (χ1n) is 6.39. The lowest BCUT2D eigenvalue weighted by Gasteiger charge is -2.25. The Morgan fingerprint density at radius 1 is 1.50 bits per heavy atom. The molecule has 0 spiro atoms. The Balaban J connectivity index is 1.87. The van der Waals surface area contributed by atoms with E-state index in [-0.39, 0.29) is 5.54 Å². The minimum atomic E-state index is 0.221. The Hall–Kier alpha value is -0.830. The van der Waals surface area contributed by atoms with Crippen molar-refractivity contribution in [3.8, 4) is 0 Å². The molecule has 0 radical (unpaired) electrons. The average Bonchev–Trinajstić information content (AvgIpc) is 2.61. The molecule has 1 aromatic rings. The van der Waals surface area contributed by atoms with E-state index in [1.165, 1.54) is 24.8 Å². The molecule has 1 N–H and O–H groups in total. The average molecular weight is 221 g/mol. The van der Waals surface area contributed by atoms with Gasteiger partial charge in [0.15, 0.2) is 0 Å². The first kappa shape index (κ1) is 11.6. The lowest BCUT2D eigenvalue weighted by molar-refractivity contribution is 0.289. The van der Waals surface area contributed by atoms with Crippen LogP contribution in [0.15, 0.2) is 12.4 Å². The van der Waals surface area contributed by atoms with Gasteiger partial charge >= 0.3 is 0 Å². The van der Waals surface area contributed by atoms with Gasteiger partial charge in [-0.05, 0) is 39.5 Å². The maximum absolute atomic E-state index is 4.44. The van der Waals surface area contributed by atoms with Gasteiger partial charge in [-0.3, -0.25) is 4.68 Å². The van der Waals surface area contributed by atoms with Gasteiger partial charge in [-0.2, -0.15) is 5.10 Å². The molecule has 1 aliphatic carbocycles. The van der Waals surface area contributed by atoms with Gasteiger partial charge in [-0.25, -0.2) is 0 Å². The Labute approximate surface area is 98.2 Å². The molecule has 2 rings (SSSR count). The van der Waals surface area contributed by atoms with Crippen LogP contribution in [0.2, 0.25) is 0 Å². The molecule has 1 fully saturated rings. The summed E-state index contributed by atoms with van der Waals surface area (Å²) in [6.45, 7) is 7.62. The van der Waals surface area contributed by atoms with Crippen LogP contribution in [-0.2, 0) is 6.54 Å². The van der Waals surface area contributed by atoms with E-state index in [9.17, 15) is 0 Å². The largest absolute Gasteiger partial charge is 0.308 e. The molecule has 0 atom stereocenters. The molecule has 1 aliphatic rings. The van der Waals surface area contributed by atoms with E-state index in [0.29, 0.717) is 6.04 Å². The van der Waals surface area contributed by atoms with E-state index in [1.54, 1.807) is 0 Å². The van der Waals surface area contributed by atoms with Gasteiger partial charge < -0.3 is 5.32 Å². The molecule has 0 bridgehead atoms. The third kappa shape index (κ3) is 2.64. The van der Waals surface area contributed by atoms with E-state index >= 15 is 0 Å². The first-order chi connectivity index (χ1) is 7.61. The van der Waals surface area contributed by atoms with Crippen LogP contribution in [0.25, 0.3) is 0 Å². The zero-order valence-electron chi connectivity index (χ0n) is 10.7. The highest BCUT2D eigenvalue weighted by Crippen LogP contribution is 2.30. The number of nitrogens with zero attached hydrogens (tertiary/aromatic N) is 2. The zero-order valence-corrected chi connectivity index (χ0v) is 10.7. The molecule has 0 unspecified atom stereocenters. The number of aromatic nitrogens is 2. The van der Waals surface area contributed by atoms with Gasteiger partial charge in [0.25, 0.3) is 0 Å². The van der Waals surface area contributed by atoms with Gasteiger partial charge in [-0.1, -0.05) is 6.92 Å². The molecule has 1 heterocycles. The van der Waals surface area contributed by atoms with Crippen LogP contribution in [0.4, 0.5) is 0 Å². The van der Waals surface area contributed by atoms with Crippen molar-refractivity contribution < 1.29 is 0 Å². The van der Waals surface area contributed by atoms with E-state index in [0.717, 1.165) is 13.0 Å². The number of hydrogen-bond acceptors (Lipinski definition) is 2. The van der Waals surface area contributed by atoms with Crippen molar-refractivity contribution in [1.82, 2.24) is 15.1 Å². The normalized spacial score (nSPS) is 17.4. The summed E-state index contributed by atoms with van der Waals surface area (Å²) in [5.74, 6) is 0. The van der Waals surface area contributed by atoms with Gasteiger partial charge in [0.1, 0.15) is 0 Å². The van der Waals surface area contributed by atoms with Crippen molar-refractivity contribution in [1.29, 1.82) is 0 Å². The van der Waals surface area contributed by atoms with Crippen molar-refractivity contribution in [2.75, 3.05) is 0 Å². The highest BCUT2D eigenvalue weighted by Gasteiger charge is 2.20. The minimum Gasteiger partial charge on any atom is -0.308 e. The lowest BCUT2D eigenvalue weighted by Crippen LogP contribution is -2.37. The summed E-state index contributed by atoms with van der Waals surface area (Å²) >= 11 is 0. The van der Waals surface area contributed by atoms with Crippen LogP contribution in [0.5, 0.6) is 0 Å². The summed E-state index contributed by atoms with van der Waals surface area (Å²) in [7, 11) is 0. The molecule has 1 saturated carbocycles. The lowest BCUT2D eigenvalue weighted by atomic mass is 9.93. The molecule has 0 aromatic carbocycles. The monoisotopic (exact) mass is 221 g/mol. The Morgan fingerprint density at radius 2 is 2.25 bits per heavy atom. The second kappa shape index (κ2) is 4.58. The van der Waals surface area contributed by atoms with Crippen molar-refractivity contribution in [2.24, 2.45) is 0 Å². The smallest absolute Gasteiger partial charge is 0.0534 e. The number of hydrogen-bond donors (Lipinski definition) is 1. The second-order valence-electron chi connectivity index (χ2n) is 5.50. The van der Waals surface area contributed by atoms with Crippen molar-refractivity contribution in [3.63, 3.8) is 0 Å². The molecule has 0 saturated heterocycles. The fourth-order valence-electron chi connectivity index (χ4n) is 1.79. The molecule has 0 aliphatic heterocycles. The SMILES string of the molecule is CCC(C)(C)NCc1cnn(C2CCC2)c1. The predicted molar refractivity (Wildman–Crippen MR) is 66.3 cm³/mol. The molecule has 90 valence electrons. The summed E-state index contributed by atoms with van der Waals surface area (Å²) in [5, 5.41) is 8.00. The van der Waals surface area contributed by atoms with Crippen molar-refractivity contribution in [2.45, 2.75) is 64.6 Å². The Kier molecular flexibility index (Phi) is 3.33. The van der Waals surface area contributed by atoms with E-state index in [4.69, 9.17) is 0 Å². The van der Waals surface area contributed by atoms with Crippen molar-refractivity contribution >= 4 is 0 Å². The van der Waals surface area contributed by atoms with Gasteiger partial charge in [0, 0.05) is 23.8 Å². The maximum atomic E-state index is 4.44. The molecule has 1 aromatic heterocycles. The Morgan fingerprint density at radius 3 is 2.81 bits per heavy atom. The number of nitrogens with one attached hydrogen (secondary N) is 1. The van der Waals surface area contributed by atoms with Gasteiger partial charge in [0.2, 0.25) is 0 Å². The first-order valence-corrected chi connectivity index (χ1v) is 6.39. The topological polar surface area (TPSA) is 29.9 Å². The summed E-state index contributed by atoms with van der Waals surface area (Å²) in [5.41, 5.74) is 1.52. The highest BCUT2D eigenvalue weighted by atomic mass is 15.3. The summed E-state index contributed by atoms with van der Waals surface area (Å²) < 4.78 is 2.14. The quantitative estimate of drug-likeness (QED) is 0.828. The van der Waals surface area contributed by atoms with Crippen LogP contribution in [0.3, 0.4) is 0 Å². The van der Waals surface area contributed by atoms with Crippen LogP contribution in [0.1, 0.15) is 58.1 Å². The van der Waals surface area contributed by atoms with Crippen LogP contribution >= 0.6 is 0 Å².